The van der Waals surface area contributed by atoms with Gasteiger partial charge < -0.3 is 10.1 Å². The first-order valence-corrected chi connectivity index (χ1v) is 6.31. The highest BCUT2D eigenvalue weighted by atomic mass is 79.9. The van der Waals surface area contributed by atoms with E-state index in [-0.39, 0.29) is 0 Å². The van der Waals surface area contributed by atoms with Crippen molar-refractivity contribution in [1.29, 1.82) is 0 Å². The Balaban J connectivity index is 1.73. The zero-order valence-electron chi connectivity index (χ0n) is 8.79. The molecule has 1 aromatic rings. The first-order chi connectivity index (χ1) is 7.34. The van der Waals surface area contributed by atoms with Gasteiger partial charge in [0.2, 0.25) is 0 Å². The van der Waals surface area contributed by atoms with Crippen molar-refractivity contribution in [2.45, 2.75) is 25.5 Å². The minimum absolute atomic E-state index is 0.483. The Morgan fingerprint density at radius 1 is 1.47 bits per heavy atom. The molecular formula is C12H17BrNO+. The summed E-state index contributed by atoms with van der Waals surface area (Å²) in [5.74, 6) is 0. The minimum Gasteiger partial charge on any atom is -0.372 e. The van der Waals surface area contributed by atoms with Crippen LogP contribution in [-0.4, -0.2) is 19.3 Å². The van der Waals surface area contributed by atoms with Crippen LogP contribution >= 0.6 is 15.9 Å². The summed E-state index contributed by atoms with van der Waals surface area (Å²) in [5.41, 5.74) is 1.36. The number of quaternary nitrogens is 1. The number of benzene rings is 1. The van der Waals surface area contributed by atoms with Crippen molar-refractivity contribution < 1.29 is 10.1 Å². The van der Waals surface area contributed by atoms with Crippen LogP contribution in [-0.2, 0) is 11.3 Å². The van der Waals surface area contributed by atoms with Crippen molar-refractivity contribution in [3.05, 3.63) is 34.3 Å². The molecule has 1 aliphatic rings. The van der Waals surface area contributed by atoms with Gasteiger partial charge in [0.1, 0.15) is 19.2 Å². The summed E-state index contributed by atoms with van der Waals surface area (Å²) in [6.07, 6.45) is 2.95. The van der Waals surface area contributed by atoms with E-state index in [0.717, 1.165) is 24.2 Å². The van der Waals surface area contributed by atoms with Gasteiger partial charge >= 0.3 is 0 Å². The Morgan fingerprint density at radius 3 is 3.13 bits per heavy atom. The quantitative estimate of drug-likeness (QED) is 0.886. The van der Waals surface area contributed by atoms with Gasteiger partial charge in [0.05, 0.1) is 0 Å². The molecule has 2 N–H and O–H groups in total. The van der Waals surface area contributed by atoms with Crippen LogP contribution < -0.4 is 5.32 Å². The first kappa shape index (κ1) is 11.1. The number of nitrogens with two attached hydrogens (primary N) is 1. The molecule has 0 saturated carbocycles. The fourth-order valence-electron chi connectivity index (χ4n) is 1.93. The molecule has 3 heteroatoms. The molecule has 2 rings (SSSR count). The van der Waals surface area contributed by atoms with Crippen molar-refractivity contribution in [3.8, 4) is 0 Å². The lowest BCUT2D eigenvalue weighted by atomic mass is 10.2. The molecule has 0 amide bonds. The summed E-state index contributed by atoms with van der Waals surface area (Å²) in [4.78, 5) is 0. The van der Waals surface area contributed by atoms with Gasteiger partial charge in [-0.25, -0.2) is 0 Å². The largest absolute Gasteiger partial charge is 0.372 e. The third-order valence-electron chi connectivity index (χ3n) is 2.72. The molecule has 0 radical (unpaired) electrons. The second-order valence-corrected chi connectivity index (χ2v) is 4.91. The number of ether oxygens (including phenoxy) is 1. The maximum atomic E-state index is 5.57. The summed E-state index contributed by atoms with van der Waals surface area (Å²) in [6, 6.07) is 8.48. The molecule has 0 unspecified atom stereocenters. The van der Waals surface area contributed by atoms with Crippen LogP contribution in [0.25, 0.3) is 0 Å². The van der Waals surface area contributed by atoms with Crippen molar-refractivity contribution in [2.24, 2.45) is 0 Å². The summed E-state index contributed by atoms with van der Waals surface area (Å²) in [7, 11) is 0. The van der Waals surface area contributed by atoms with Crippen LogP contribution in [0.5, 0.6) is 0 Å². The summed E-state index contributed by atoms with van der Waals surface area (Å²) in [5, 5.41) is 2.33. The number of halogens is 1. The van der Waals surface area contributed by atoms with E-state index in [1.165, 1.54) is 18.4 Å². The lowest BCUT2D eigenvalue weighted by Crippen LogP contribution is -2.84. The zero-order chi connectivity index (χ0) is 10.5. The molecule has 15 heavy (non-hydrogen) atoms. The maximum Gasteiger partial charge on any atom is 0.106 e. The van der Waals surface area contributed by atoms with Gasteiger partial charge in [0, 0.05) is 16.6 Å². The molecule has 2 nitrogen and oxygen atoms in total. The van der Waals surface area contributed by atoms with E-state index in [4.69, 9.17) is 4.74 Å². The van der Waals surface area contributed by atoms with Gasteiger partial charge in [0.15, 0.2) is 0 Å². The van der Waals surface area contributed by atoms with Crippen molar-refractivity contribution in [2.75, 3.05) is 13.2 Å². The van der Waals surface area contributed by atoms with E-state index >= 15 is 0 Å². The third kappa shape index (κ3) is 3.59. The molecule has 1 aliphatic heterocycles. The average Bonchev–Trinajstić information content (AvgIpc) is 2.71. The molecule has 0 bridgehead atoms. The van der Waals surface area contributed by atoms with E-state index in [9.17, 15) is 0 Å². The lowest BCUT2D eigenvalue weighted by Gasteiger charge is -2.07. The zero-order valence-corrected chi connectivity index (χ0v) is 10.4. The maximum absolute atomic E-state index is 5.57. The van der Waals surface area contributed by atoms with Crippen molar-refractivity contribution in [1.82, 2.24) is 0 Å². The van der Waals surface area contributed by atoms with Gasteiger partial charge in [-0.2, -0.15) is 0 Å². The lowest BCUT2D eigenvalue weighted by molar-refractivity contribution is -0.676. The molecule has 1 saturated heterocycles. The summed E-state index contributed by atoms with van der Waals surface area (Å²) >= 11 is 3.48. The molecule has 0 aromatic heterocycles. The average molecular weight is 271 g/mol. The first-order valence-electron chi connectivity index (χ1n) is 5.52. The fraction of sp³-hybridized carbons (Fsp3) is 0.500. The van der Waals surface area contributed by atoms with Gasteiger partial charge in [-0.1, -0.05) is 28.1 Å². The molecule has 1 aromatic carbocycles. The Kier molecular flexibility index (Phi) is 4.18. The van der Waals surface area contributed by atoms with Crippen LogP contribution in [0.1, 0.15) is 18.4 Å². The van der Waals surface area contributed by atoms with Gasteiger partial charge in [-0.05, 0) is 25.0 Å². The highest BCUT2D eigenvalue weighted by Gasteiger charge is 2.16. The molecular weight excluding hydrogens is 254 g/mol. The fourth-order valence-corrected chi connectivity index (χ4v) is 2.38. The molecule has 0 aliphatic carbocycles. The van der Waals surface area contributed by atoms with Gasteiger partial charge in [0.25, 0.3) is 0 Å². The standard InChI is InChI=1S/C12H16BrNO/c13-11-4-1-3-10(7-11)8-14-9-12-5-2-6-15-12/h1,3-4,7,12,14H,2,5-6,8-9H2/p+1/t12-/m0/s1. The topological polar surface area (TPSA) is 25.8 Å². The van der Waals surface area contributed by atoms with Crippen molar-refractivity contribution in [3.63, 3.8) is 0 Å². The minimum atomic E-state index is 0.483. The van der Waals surface area contributed by atoms with Crippen LogP contribution in [0.3, 0.4) is 0 Å². The van der Waals surface area contributed by atoms with Gasteiger partial charge in [-0.3, -0.25) is 0 Å². The van der Waals surface area contributed by atoms with Gasteiger partial charge in [-0.15, -0.1) is 0 Å². The smallest absolute Gasteiger partial charge is 0.106 e. The van der Waals surface area contributed by atoms with E-state index in [1.54, 1.807) is 0 Å². The SMILES string of the molecule is Brc1cccc(C[NH2+]C[C@@H]2CCCO2)c1. The normalized spacial score (nSPS) is 20.7. The predicted molar refractivity (Wildman–Crippen MR) is 63.6 cm³/mol. The second kappa shape index (κ2) is 5.64. The van der Waals surface area contributed by atoms with E-state index in [1.807, 2.05) is 0 Å². The second-order valence-electron chi connectivity index (χ2n) is 3.99. The monoisotopic (exact) mass is 270 g/mol. The summed E-state index contributed by atoms with van der Waals surface area (Å²) < 4.78 is 6.73. The Labute approximate surface area is 99.1 Å². The molecule has 82 valence electrons. The molecule has 0 spiro atoms. The number of hydrogen-bond donors (Lipinski definition) is 1. The number of rotatable bonds is 4. The molecule has 1 heterocycles. The predicted octanol–water partition coefficient (Wildman–Crippen LogP) is 1.69. The van der Waals surface area contributed by atoms with Crippen LogP contribution in [0.15, 0.2) is 28.7 Å². The highest BCUT2D eigenvalue weighted by molar-refractivity contribution is 9.10. The molecule has 1 fully saturated rings. The Morgan fingerprint density at radius 2 is 2.40 bits per heavy atom. The number of hydrogen-bond acceptors (Lipinski definition) is 1. The Bertz CT molecular complexity index is 310. The third-order valence-corrected chi connectivity index (χ3v) is 3.22. The highest BCUT2D eigenvalue weighted by Crippen LogP contribution is 2.11. The van der Waals surface area contributed by atoms with E-state index < -0.39 is 0 Å². The van der Waals surface area contributed by atoms with Crippen LogP contribution in [0.4, 0.5) is 0 Å². The van der Waals surface area contributed by atoms with Crippen molar-refractivity contribution >= 4 is 15.9 Å². The van der Waals surface area contributed by atoms with E-state index in [2.05, 4.69) is 45.5 Å². The van der Waals surface area contributed by atoms with Crippen LogP contribution in [0, 0.1) is 0 Å². The van der Waals surface area contributed by atoms with E-state index in [0.29, 0.717) is 6.10 Å². The molecule has 1 atom stereocenters. The Hall–Kier alpha value is -0.380. The summed E-state index contributed by atoms with van der Waals surface area (Å²) in [6.45, 7) is 3.08. The van der Waals surface area contributed by atoms with Crippen LogP contribution in [0.2, 0.25) is 0 Å².